The minimum atomic E-state index is -3.81. The molecule has 10 heteroatoms. The van der Waals surface area contributed by atoms with Crippen molar-refractivity contribution in [1.82, 2.24) is 0 Å². The fourth-order valence-electron chi connectivity index (χ4n) is 2.37. The number of aliphatic hydroxyl groups is 1. The normalized spacial score (nSPS) is 13.9. The monoisotopic (exact) mass is 386 g/mol. The quantitative estimate of drug-likeness (QED) is 0.583. The number of non-ortho nitro benzene ring substituents is 1. The Morgan fingerprint density at radius 1 is 1.23 bits per heavy atom. The molecule has 0 radical (unpaired) electrons. The third-order valence-corrected chi connectivity index (χ3v) is 4.85. The summed E-state index contributed by atoms with van der Waals surface area (Å²) in [6.45, 7) is 0.942. The largest absolute Gasteiger partial charge is 0.383 e. The molecule has 0 saturated carbocycles. The predicted molar refractivity (Wildman–Crippen MR) is 90.6 cm³/mol. The topological polar surface area (TPSA) is 110 Å². The summed E-state index contributed by atoms with van der Waals surface area (Å²) < 4.78 is 50.7. The first-order valence-electron chi connectivity index (χ1n) is 7.32. The zero-order valence-electron chi connectivity index (χ0n) is 13.9. The van der Waals surface area contributed by atoms with E-state index < -0.39 is 37.7 Å². The van der Waals surface area contributed by atoms with Gasteiger partial charge in [-0.1, -0.05) is 6.07 Å². The van der Waals surface area contributed by atoms with Gasteiger partial charge in [-0.05, 0) is 19.1 Å². The molecular formula is C16H16F2N2O5S. The molecule has 0 aliphatic carbocycles. The van der Waals surface area contributed by atoms with E-state index in [1.807, 2.05) is 0 Å². The van der Waals surface area contributed by atoms with Gasteiger partial charge in [-0.25, -0.2) is 17.2 Å². The number of nitrogens with one attached hydrogen (secondary N) is 1. The van der Waals surface area contributed by atoms with E-state index in [-0.39, 0.29) is 22.7 Å². The van der Waals surface area contributed by atoms with Crippen LogP contribution in [0.5, 0.6) is 0 Å². The fraction of sp³-hybridized carbons (Fsp3) is 0.250. The lowest BCUT2D eigenvalue weighted by Crippen LogP contribution is -2.32. The van der Waals surface area contributed by atoms with Crippen LogP contribution in [0.25, 0.3) is 0 Å². The van der Waals surface area contributed by atoms with E-state index in [0.29, 0.717) is 6.07 Å². The Kier molecular flexibility index (Phi) is 5.28. The molecule has 2 aromatic carbocycles. The molecular weight excluding hydrogens is 370 g/mol. The molecule has 1 atom stereocenters. The average molecular weight is 386 g/mol. The Morgan fingerprint density at radius 2 is 1.88 bits per heavy atom. The Morgan fingerprint density at radius 3 is 2.42 bits per heavy atom. The standard InChI is InChI=1S/C16H16F2N2O5S/c1-16(21,12-5-3-10(17)7-13(12)18)9-19-14-6-4-11(20(22)23)8-15(14)26(2,24)25/h3-8,19,21H,9H2,1-2H3. The van der Waals surface area contributed by atoms with Crippen LogP contribution in [0.1, 0.15) is 12.5 Å². The second kappa shape index (κ2) is 6.96. The van der Waals surface area contributed by atoms with Crippen LogP contribution in [0.4, 0.5) is 20.2 Å². The van der Waals surface area contributed by atoms with Crippen molar-refractivity contribution in [3.63, 3.8) is 0 Å². The van der Waals surface area contributed by atoms with Gasteiger partial charge < -0.3 is 10.4 Å². The number of rotatable bonds is 6. The van der Waals surface area contributed by atoms with E-state index in [2.05, 4.69) is 5.32 Å². The molecule has 26 heavy (non-hydrogen) atoms. The van der Waals surface area contributed by atoms with Crippen LogP contribution < -0.4 is 5.32 Å². The van der Waals surface area contributed by atoms with Gasteiger partial charge in [0.1, 0.15) is 17.2 Å². The lowest BCUT2D eigenvalue weighted by atomic mass is 9.95. The summed E-state index contributed by atoms with van der Waals surface area (Å²) in [5.74, 6) is -1.76. The van der Waals surface area contributed by atoms with Gasteiger partial charge >= 0.3 is 0 Å². The van der Waals surface area contributed by atoms with Gasteiger partial charge in [0, 0.05) is 36.6 Å². The van der Waals surface area contributed by atoms with Crippen LogP contribution in [0.15, 0.2) is 41.3 Å². The summed E-state index contributed by atoms with van der Waals surface area (Å²) in [6.07, 6.45) is 0.884. The maximum Gasteiger partial charge on any atom is 0.270 e. The van der Waals surface area contributed by atoms with Crippen molar-refractivity contribution in [2.45, 2.75) is 17.4 Å². The van der Waals surface area contributed by atoms with Crippen molar-refractivity contribution >= 4 is 21.2 Å². The highest BCUT2D eigenvalue weighted by Gasteiger charge is 2.28. The second-order valence-corrected chi connectivity index (χ2v) is 7.95. The number of benzene rings is 2. The van der Waals surface area contributed by atoms with Crippen LogP contribution in [0.2, 0.25) is 0 Å². The minimum Gasteiger partial charge on any atom is -0.383 e. The van der Waals surface area contributed by atoms with E-state index in [4.69, 9.17) is 0 Å². The van der Waals surface area contributed by atoms with Gasteiger partial charge in [0.05, 0.1) is 15.5 Å². The van der Waals surface area contributed by atoms with Gasteiger partial charge in [-0.3, -0.25) is 10.1 Å². The molecule has 2 aromatic rings. The Hall–Kier alpha value is -2.59. The number of nitro groups is 1. The van der Waals surface area contributed by atoms with E-state index in [0.717, 1.165) is 30.5 Å². The van der Waals surface area contributed by atoms with Gasteiger partial charge in [0.25, 0.3) is 5.69 Å². The summed E-state index contributed by atoms with van der Waals surface area (Å²) >= 11 is 0. The summed E-state index contributed by atoms with van der Waals surface area (Å²) in [4.78, 5) is 9.77. The molecule has 2 rings (SSSR count). The molecule has 0 aliphatic rings. The summed E-state index contributed by atoms with van der Waals surface area (Å²) in [6, 6.07) is 5.87. The number of halogens is 2. The number of nitrogens with zero attached hydrogens (tertiary/aromatic N) is 1. The maximum absolute atomic E-state index is 13.9. The molecule has 0 aromatic heterocycles. The number of hydrogen-bond acceptors (Lipinski definition) is 6. The lowest BCUT2D eigenvalue weighted by Gasteiger charge is -2.26. The molecule has 2 N–H and O–H groups in total. The van der Waals surface area contributed by atoms with Crippen LogP contribution in [0, 0.1) is 21.7 Å². The molecule has 0 bridgehead atoms. The van der Waals surface area contributed by atoms with Crippen molar-refractivity contribution in [2.75, 3.05) is 18.1 Å². The molecule has 0 heterocycles. The van der Waals surface area contributed by atoms with E-state index in [9.17, 15) is 32.4 Å². The van der Waals surface area contributed by atoms with Crippen LogP contribution >= 0.6 is 0 Å². The zero-order valence-corrected chi connectivity index (χ0v) is 14.7. The highest BCUT2D eigenvalue weighted by atomic mass is 32.2. The fourth-order valence-corrected chi connectivity index (χ4v) is 3.24. The third kappa shape index (κ3) is 4.33. The van der Waals surface area contributed by atoms with Crippen molar-refractivity contribution in [2.24, 2.45) is 0 Å². The van der Waals surface area contributed by atoms with Crippen LogP contribution in [0.3, 0.4) is 0 Å². The Labute approximate surface area is 148 Å². The number of sulfone groups is 1. The first-order chi connectivity index (χ1) is 11.9. The van der Waals surface area contributed by atoms with Gasteiger partial charge in [0.2, 0.25) is 0 Å². The lowest BCUT2D eigenvalue weighted by molar-refractivity contribution is -0.385. The predicted octanol–water partition coefficient (Wildman–Crippen LogP) is 2.60. The van der Waals surface area contributed by atoms with Gasteiger partial charge in [-0.2, -0.15) is 0 Å². The summed E-state index contributed by atoms with van der Waals surface area (Å²) in [5.41, 5.74) is -2.38. The third-order valence-electron chi connectivity index (χ3n) is 3.71. The number of hydrogen-bond donors (Lipinski definition) is 2. The molecule has 1 unspecified atom stereocenters. The Bertz CT molecular complexity index is 961. The van der Waals surface area contributed by atoms with Crippen molar-refractivity contribution in [3.8, 4) is 0 Å². The zero-order chi connectivity index (χ0) is 19.7. The smallest absolute Gasteiger partial charge is 0.270 e. The summed E-state index contributed by atoms with van der Waals surface area (Å²) in [7, 11) is -3.81. The second-order valence-electron chi connectivity index (χ2n) is 5.96. The average Bonchev–Trinajstić information content (AvgIpc) is 2.51. The minimum absolute atomic E-state index is 0.0147. The van der Waals surface area contributed by atoms with Gasteiger partial charge in [-0.15, -0.1) is 0 Å². The van der Waals surface area contributed by atoms with Crippen molar-refractivity contribution in [1.29, 1.82) is 0 Å². The first kappa shape index (κ1) is 19.7. The number of nitro benzene ring substituents is 1. The Balaban J connectivity index is 2.35. The molecule has 0 amide bonds. The van der Waals surface area contributed by atoms with Crippen molar-refractivity contribution < 1.29 is 27.2 Å². The molecule has 0 saturated heterocycles. The summed E-state index contributed by atoms with van der Waals surface area (Å²) in [5, 5.41) is 24.0. The highest BCUT2D eigenvalue weighted by molar-refractivity contribution is 7.90. The molecule has 0 spiro atoms. The number of anilines is 1. The van der Waals surface area contributed by atoms with Crippen LogP contribution in [-0.2, 0) is 15.4 Å². The molecule has 7 nitrogen and oxygen atoms in total. The van der Waals surface area contributed by atoms with Crippen molar-refractivity contribution in [3.05, 3.63) is 63.7 Å². The molecule has 0 fully saturated rings. The SMILES string of the molecule is CC(O)(CNc1ccc([N+](=O)[O-])cc1S(C)(=O)=O)c1ccc(F)cc1F. The maximum atomic E-state index is 13.9. The van der Waals surface area contributed by atoms with E-state index >= 15 is 0 Å². The van der Waals surface area contributed by atoms with E-state index in [1.165, 1.54) is 13.0 Å². The van der Waals surface area contributed by atoms with E-state index in [1.54, 1.807) is 0 Å². The first-order valence-corrected chi connectivity index (χ1v) is 9.21. The molecule has 140 valence electrons. The highest BCUT2D eigenvalue weighted by Crippen LogP contribution is 2.29. The van der Waals surface area contributed by atoms with Crippen LogP contribution in [-0.4, -0.2) is 31.2 Å². The van der Waals surface area contributed by atoms with Gasteiger partial charge in [0.15, 0.2) is 9.84 Å². The molecule has 0 aliphatic heterocycles.